The van der Waals surface area contributed by atoms with Gasteiger partial charge in [-0.25, -0.2) is 8.42 Å². The van der Waals surface area contributed by atoms with E-state index in [-0.39, 0.29) is 29.5 Å². The van der Waals surface area contributed by atoms with Gasteiger partial charge in [0.25, 0.3) is 10.0 Å². The first-order valence-electron chi connectivity index (χ1n) is 13.3. The predicted octanol–water partition coefficient (Wildman–Crippen LogP) is 6.87. The lowest BCUT2D eigenvalue weighted by molar-refractivity contribution is -0.140. The quantitative estimate of drug-likeness (QED) is 0.207. The molecule has 7 nitrogen and oxygen atoms in total. The van der Waals surface area contributed by atoms with E-state index >= 15 is 0 Å². The van der Waals surface area contributed by atoms with Gasteiger partial charge < -0.3 is 10.2 Å². The summed E-state index contributed by atoms with van der Waals surface area (Å²) < 4.78 is 29.0. The van der Waals surface area contributed by atoms with Gasteiger partial charge in [-0.1, -0.05) is 85.4 Å². The van der Waals surface area contributed by atoms with Gasteiger partial charge in [-0.15, -0.1) is 0 Å². The van der Waals surface area contributed by atoms with E-state index in [1.54, 1.807) is 62.4 Å². The standard InChI is InChI=1S/C30H34Cl3N3O4S/c1-4-6-17-34-30(38)27(5-2)35(19-24-25(32)13-10-14-26(24)33)29(37)20-36(28-18-22(31)16-15-21(28)3)41(39,40)23-11-8-7-9-12-23/h7-16,18,27H,4-6,17,19-20H2,1-3H3,(H,34,38). The van der Waals surface area contributed by atoms with Crippen LogP contribution in [0.1, 0.15) is 44.2 Å². The Kier molecular flexibility index (Phi) is 11.9. The van der Waals surface area contributed by atoms with Crippen molar-refractivity contribution in [2.75, 3.05) is 17.4 Å². The third kappa shape index (κ3) is 8.16. The summed E-state index contributed by atoms with van der Waals surface area (Å²) in [6.07, 6.45) is 1.96. The van der Waals surface area contributed by atoms with Gasteiger partial charge in [0.05, 0.1) is 10.6 Å². The van der Waals surface area contributed by atoms with Gasteiger partial charge in [-0.2, -0.15) is 0 Å². The van der Waals surface area contributed by atoms with Crippen molar-refractivity contribution in [3.8, 4) is 0 Å². The third-order valence-electron chi connectivity index (χ3n) is 6.66. The molecule has 1 unspecified atom stereocenters. The SMILES string of the molecule is CCCCNC(=O)C(CC)N(Cc1c(Cl)cccc1Cl)C(=O)CN(c1cc(Cl)ccc1C)S(=O)(=O)c1ccccc1. The number of sulfonamides is 1. The first-order valence-corrected chi connectivity index (χ1v) is 15.9. The number of benzene rings is 3. The highest BCUT2D eigenvalue weighted by Gasteiger charge is 2.34. The third-order valence-corrected chi connectivity index (χ3v) is 9.37. The molecular weight excluding hydrogens is 605 g/mol. The lowest BCUT2D eigenvalue weighted by Crippen LogP contribution is -2.52. The molecular formula is C30H34Cl3N3O4S. The second-order valence-electron chi connectivity index (χ2n) is 9.55. The molecule has 3 rings (SSSR count). The van der Waals surface area contributed by atoms with Crippen LogP contribution in [0.2, 0.25) is 15.1 Å². The minimum absolute atomic E-state index is 0.0113. The second-order valence-corrected chi connectivity index (χ2v) is 12.7. The van der Waals surface area contributed by atoms with Crippen LogP contribution >= 0.6 is 34.8 Å². The van der Waals surface area contributed by atoms with Crippen LogP contribution in [0.5, 0.6) is 0 Å². The second kappa shape index (κ2) is 14.9. The maximum absolute atomic E-state index is 14.2. The largest absolute Gasteiger partial charge is 0.354 e. The molecule has 2 amide bonds. The molecule has 0 bridgehead atoms. The van der Waals surface area contributed by atoms with Crippen molar-refractivity contribution in [1.82, 2.24) is 10.2 Å². The molecule has 0 saturated heterocycles. The Bertz CT molecular complexity index is 1450. The van der Waals surface area contributed by atoms with Crippen LogP contribution in [-0.4, -0.2) is 44.3 Å². The molecule has 1 N–H and O–H groups in total. The van der Waals surface area contributed by atoms with Crippen LogP contribution in [0.25, 0.3) is 0 Å². The fraction of sp³-hybridized carbons (Fsp3) is 0.333. The van der Waals surface area contributed by atoms with E-state index in [4.69, 9.17) is 34.8 Å². The minimum atomic E-state index is -4.21. The molecule has 0 aliphatic rings. The predicted molar refractivity (Wildman–Crippen MR) is 166 cm³/mol. The Morgan fingerprint density at radius 2 is 1.59 bits per heavy atom. The monoisotopic (exact) mass is 637 g/mol. The van der Waals surface area contributed by atoms with Gasteiger partial charge in [0.1, 0.15) is 12.6 Å². The summed E-state index contributed by atoms with van der Waals surface area (Å²) in [5.41, 5.74) is 1.32. The van der Waals surface area contributed by atoms with Gasteiger partial charge in [0.2, 0.25) is 11.8 Å². The first-order chi connectivity index (χ1) is 19.5. The van der Waals surface area contributed by atoms with Gasteiger partial charge in [0, 0.05) is 33.7 Å². The zero-order valence-electron chi connectivity index (χ0n) is 23.2. The van der Waals surface area contributed by atoms with E-state index in [0.717, 1.165) is 17.1 Å². The highest BCUT2D eigenvalue weighted by Crippen LogP contribution is 2.31. The first kappa shape index (κ1) is 32.7. The van der Waals surface area contributed by atoms with Crippen molar-refractivity contribution in [2.24, 2.45) is 0 Å². The van der Waals surface area contributed by atoms with E-state index in [1.165, 1.54) is 23.1 Å². The average Bonchev–Trinajstić information content (AvgIpc) is 2.95. The molecule has 3 aromatic carbocycles. The molecule has 3 aromatic rings. The molecule has 0 aliphatic carbocycles. The summed E-state index contributed by atoms with van der Waals surface area (Å²) in [5.74, 6) is -0.939. The van der Waals surface area contributed by atoms with E-state index in [9.17, 15) is 18.0 Å². The molecule has 11 heteroatoms. The molecule has 0 spiro atoms. The number of hydrogen-bond acceptors (Lipinski definition) is 4. The van der Waals surface area contributed by atoms with Gasteiger partial charge in [0.15, 0.2) is 0 Å². The van der Waals surface area contributed by atoms with Crippen molar-refractivity contribution in [3.63, 3.8) is 0 Å². The van der Waals surface area contributed by atoms with Crippen LogP contribution in [0, 0.1) is 6.92 Å². The summed E-state index contributed by atoms with van der Waals surface area (Å²) in [5, 5.41) is 3.87. The maximum atomic E-state index is 14.2. The molecule has 0 aromatic heterocycles. The minimum Gasteiger partial charge on any atom is -0.354 e. The van der Waals surface area contributed by atoms with Crippen LogP contribution in [0.15, 0.2) is 71.6 Å². The summed E-state index contributed by atoms with van der Waals surface area (Å²) in [4.78, 5) is 28.9. The van der Waals surface area contributed by atoms with Crippen LogP contribution in [0.4, 0.5) is 5.69 Å². The lowest BCUT2D eigenvalue weighted by Gasteiger charge is -2.34. The Labute approximate surface area is 257 Å². The number of anilines is 1. The number of unbranched alkanes of at least 4 members (excludes halogenated alkanes) is 1. The lowest BCUT2D eigenvalue weighted by atomic mass is 10.1. The molecule has 41 heavy (non-hydrogen) atoms. The zero-order chi connectivity index (χ0) is 30.2. The molecule has 0 heterocycles. The maximum Gasteiger partial charge on any atom is 0.264 e. The van der Waals surface area contributed by atoms with Crippen molar-refractivity contribution >= 4 is 62.3 Å². The number of carbonyl (C=O) groups is 2. The summed E-state index contributed by atoms with van der Waals surface area (Å²) >= 11 is 19.2. The van der Waals surface area contributed by atoms with E-state index in [0.29, 0.717) is 32.7 Å². The van der Waals surface area contributed by atoms with Crippen molar-refractivity contribution in [1.29, 1.82) is 0 Å². The van der Waals surface area contributed by atoms with Gasteiger partial charge in [-0.3, -0.25) is 13.9 Å². The van der Waals surface area contributed by atoms with Gasteiger partial charge >= 0.3 is 0 Å². The number of nitrogens with one attached hydrogen (secondary N) is 1. The number of hydrogen-bond donors (Lipinski definition) is 1. The number of nitrogens with zero attached hydrogens (tertiary/aromatic N) is 2. The Hall–Kier alpha value is -2.78. The van der Waals surface area contributed by atoms with E-state index < -0.39 is 28.5 Å². The van der Waals surface area contributed by atoms with E-state index in [2.05, 4.69) is 5.32 Å². The van der Waals surface area contributed by atoms with Crippen LogP contribution < -0.4 is 9.62 Å². The Balaban J connectivity index is 2.10. The Morgan fingerprint density at radius 1 is 0.927 bits per heavy atom. The highest BCUT2D eigenvalue weighted by atomic mass is 35.5. The average molecular weight is 639 g/mol. The van der Waals surface area contributed by atoms with Crippen LogP contribution in [0.3, 0.4) is 0 Å². The van der Waals surface area contributed by atoms with Crippen molar-refractivity contribution < 1.29 is 18.0 Å². The molecule has 220 valence electrons. The summed E-state index contributed by atoms with van der Waals surface area (Å²) in [6.45, 7) is 5.32. The zero-order valence-corrected chi connectivity index (χ0v) is 26.3. The number of amides is 2. The Morgan fingerprint density at radius 3 is 2.20 bits per heavy atom. The normalized spacial score (nSPS) is 12.0. The fourth-order valence-corrected chi connectivity index (χ4v) is 6.54. The smallest absolute Gasteiger partial charge is 0.264 e. The topological polar surface area (TPSA) is 86.8 Å². The molecule has 0 aliphatic heterocycles. The molecule has 0 saturated carbocycles. The molecule has 1 atom stereocenters. The highest BCUT2D eigenvalue weighted by molar-refractivity contribution is 7.92. The van der Waals surface area contributed by atoms with E-state index in [1.807, 2.05) is 6.92 Å². The number of carbonyl (C=O) groups excluding carboxylic acids is 2. The number of aryl methyl sites for hydroxylation is 1. The number of halogens is 3. The van der Waals surface area contributed by atoms with Crippen molar-refractivity contribution in [3.05, 3.63) is 92.9 Å². The van der Waals surface area contributed by atoms with Crippen molar-refractivity contribution in [2.45, 2.75) is 57.5 Å². The van der Waals surface area contributed by atoms with Gasteiger partial charge in [-0.05, 0) is 61.7 Å². The fourth-order valence-electron chi connectivity index (χ4n) is 4.36. The van der Waals surface area contributed by atoms with Crippen LogP contribution in [-0.2, 0) is 26.2 Å². The molecule has 0 radical (unpaired) electrons. The number of rotatable bonds is 13. The molecule has 0 fully saturated rings. The summed E-state index contributed by atoms with van der Waals surface area (Å²) in [7, 11) is -4.21. The summed E-state index contributed by atoms with van der Waals surface area (Å²) in [6, 6.07) is 16.8.